The van der Waals surface area contributed by atoms with Gasteiger partial charge in [-0.15, -0.1) is 11.3 Å². The van der Waals surface area contributed by atoms with Gasteiger partial charge in [0, 0.05) is 36.5 Å². The summed E-state index contributed by atoms with van der Waals surface area (Å²) in [6.07, 6.45) is 0. The van der Waals surface area contributed by atoms with Gasteiger partial charge in [-0.05, 0) is 11.4 Å². The van der Waals surface area contributed by atoms with Crippen LogP contribution in [-0.2, 0) is 16.1 Å². The fourth-order valence-electron chi connectivity index (χ4n) is 2.58. The smallest absolute Gasteiger partial charge is 0.321 e. The van der Waals surface area contributed by atoms with E-state index in [1.807, 2.05) is 48.1 Å². The summed E-state index contributed by atoms with van der Waals surface area (Å²) in [7, 11) is 0. The van der Waals surface area contributed by atoms with E-state index < -0.39 is 6.03 Å². The van der Waals surface area contributed by atoms with E-state index in [0.717, 1.165) is 4.88 Å². The van der Waals surface area contributed by atoms with Crippen LogP contribution in [0, 0.1) is 5.41 Å². The van der Waals surface area contributed by atoms with Crippen LogP contribution in [0.2, 0.25) is 0 Å². The molecule has 2 N–H and O–H groups in total. The topological polar surface area (TPSA) is 81.8 Å². The van der Waals surface area contributed by atoms with Gasteiger partial charge in [0.15, 0.2) is 0 Å². The average molecular weight is 366 g/mol. The van der Waals surface area contributed by atoms with E-state index >= 15 is 0 Å². The number of rotatable bonds is 4. The van der Waals surface area contributed by atoms with Crippen molar-refractivity contribution >= 4 is 29.2 Å². The fraction of sp³-hybridized carbons (Fsp3) is 0.588. The van der Waals surface area contributed by atoms with Crippen molar-refractivity contribution in [2.24, 2.45) is 5.41 Å². The third kappa shape index (κ3) is 6.13. The van der Waals surface area contributed by atoms with Crippen LogP contribution in [-0.4, -0.2) is 60.4 Å². The zero-order valence-electron chi connectivity index (χ0n) is 15.0. The standard InChI is InChI=1S/C17H26N4O3S/c1-17(2,3)15(23)21-8-6-20(7-9-21)12-14(22)19-16(24)18-11-13-5-4-10-25-13/h4-5,10H,6-9,11-12H2,1-3H3,(H2,18,19,22,24). The molecule has 25 heavy (non-hydrogen) atoms. The molecule has 1 aromatic rings. The Morgan fingerprint density at radius 1 is 1.16 bits per heavy atom. The number of urea groups is 1. The second kappa shape index (κ2) is 8.44. The van der Waals surface area contributed by atoms with Crippen molar-refractivity contribution in [2.45, 2.75) is 27.3 Å². The molecule has 0 radical (unpaired) electrons. The van der Waals surface area contributed by atoms with Crippen LogP contribution in [0.1, 0.15) is 25.6 Å². The lowest BCUT2D eigenvalue weighted by molar-refractivity contribution is -0.141. The Labute approximate surface area is 152 Å². The predicted molar refractivity (Wildman–Crippen MR) is 97.2 cm³/mol. The van der Waals surface area contributed by atoms with Gasteiger partial charge in [-0.1, -0.05) is 26.8 Å². The zero-order chi connectivity index (χ0) is 18.4. The highest BCUT2D eigenvalue weighted by molar-refractivity contribution is 7.09. The molecule has 0 aliphatic carbocycles. The minimum Gasteiger partial charge on any atom is -0.340 e. The Kier molecular flexibility index (Phi) is 6.55. The average Bonchev–Trinajstić information content (AvgIpc) is 3.05. The van der Waals surface area contributed by atoms with Crippen molar-refractivity contribution < 1.29 is 14.4 Å². The maximum atomic E-state index is 12.2. The Morgan fingerprint density at radius 2 is 1.84 bits per heavy atom. The highest BCUT2D eigenvalue weighted by Gasteiger charge is 2.30. The molecule has 1 saturated heterocycles. The second-order valence-electron chi connectivity index (χ2n) is 7.13. The summed E-state index contributed by atoms with van der Waals surface area (Å²) in [6.45, 7) is 8.76. The van der Waals surface area contributed by atoms with Crippen LogP contribution in [0.15, 0.2) is 17.5 Å². The third-order valence-corrected chi connectivity index (χ3v) is 4.80. The van der Waals surface area contributed by atoms with Crippen LogP contribution in [0.3, 0.4) is 0 Å². The molecule has 0 unspecified atom stereocenters. The summed E-state index contributed by atoms with van der Waals surface area (Å²) in [6, 6.07) is 3.35. The molecule has 7 nitrogen and oxygen atoms in total. The van der Waals surface area contributed by atoms with E-state index in [9.17, 15) is 14.4 Å². The van der Waals surface area contributed by atoms with Crippen LogP contribution in [0.4, 0.5) is 4.79 Å². The molecule has 138 valence electrons. The summed E-state index contributed by atoms with van der Waals surface area (Å²) in [4.78, 5) is 40.8. The van der Waals surface area contributed by atoms with Crippen molar-refractivity contribution in [3.63, 3.8) is 0 Å². The van der Waals surface area contributed by atoms with Crippen molar-refractivity contribution in [3.8, 4) is 0 Å². The molecule has 0 bridgehead atoms. The van der Waals surface area contributed by atoms with E-state index in [4.69, 9.17) is 0 Å². The number of nitrogens with one attached hydrogen (secondary N) is 2. The lowest BCUT2D eigenvalue weighted by Crippen LogP contribution is -2.54. The van der Waals surface area contributed by atoms with Gasteiger partial charge in [0.1, 0.15) is 0 Å². The molecule has 0 aromatic carbocycles. The van der Waals surface area contributed by atoms with Gasteiger partial charge in [0.05, 0.1) is 13.1 Å². The van der Waals surface area contributed by atoms with Crippen molar-refractivity contribution in [3.05, 3.63) is 22.4 Å². The fourth-order valence-corrected chi connectivity index (χ4v) is 3.22. The first-order valence-electron chi connectivity index (χ1n) is 8.37. The molecule has 1 aliphatic rings. The van der Waals surface area contributed by atoms with E-state index in [-0.39, 0.29) is 23.8 Å². The largest absolute Gasteiger partial charge is 0.340 e. The predicted octanol–water partition coefficient (Wildman–Crippen LogP) is 1.26. The third-order valence-electron chi connectivity index (χ3n) is 3.92. The van der Waals surface area contributed by atoms with Crippen LogP contribution in [0.25, 0.3) is 0 Å². The number of thiophene rings is 1. The number of nitrogens with zero attached hydrogens (tertiary/aromatic N) is 2. The highest BCUT2D eigenvalue weighted by atomic mass is 32.1. The first-order chi connectivity index (χ1) is 11.8. The van der Waals surface area contributed by atoms with Crippen molar-refractivity contribution in [1.82, 2.24) is 20.4 Å². The zero-order valence-corrected chi connectivity index (χ0v) is 15.8. The minimum absolute atomic E-state index is 0.129. The van der Waals surface area contributed by atoms with E-state index in [1.165, 1.54) is 0 Å². The molecule has 1 fully saturated rings. The molecule has 0 saturated carbocycles. The SMILES string of the molecule is CC(C)(C)C(=O)N1CCN(CC(=O)NC(=O)NCc2cccs2)CC1. The van der Waals surface area contributed by atoms with Gasteiger partial charge in [-0.3, -0.25) is 19.8 Å². The summed E-state index contributed by atoms with van der Waals surface area (Å²) >= 11 is 1.55. The molecule has 8 heteroatoms. The summed E-state index contributed by atoms with van der Waals surface area (Å²) in [5, 5.41) is 6.94. The van der Waals surface area contributed by atoms with E-state index in [2.05, 4.69) is 10.6 Å². The Hall–Kier alpha value is -1.93. The minimum atomic E-state index is -0.486. The molecule has 2 heterocycles. The molecule has 0 spiro atoms. The monoisotopic (exact) mass is 366 g/mol. The second-order valence-corrected chi connectivity index (χ2v) is 8.16. The molecule has 1 aromatic heterocycles. The number of hydrogen-bond acceptors (Lipinski definition) is 5. The number of carbonyl (C=O) groups is 3. The van der Waals surface area contributed by atoms with Gasteiger partial charge in [-0.2, -0.15) is 0 Å². The highest BCUT2D eigenvalue weighted by Crippen LogP contribution is 2.18. The van der Waals surface area contributed by atoms with Gasteiger partial charge < -0.3 is 10.2 Å². The Bertz CT molecular complexity index is 602. The summed E-state index contributed by atoms with van der Waals surface area (Å²) in [5.74, 6) is -0.205. The lowest BCUT2D eigenvalue weighted by Gasteiger charge is -2.37. The molecular formula is C17H26N4O3S. The molecule has 4 amide bonds. The van der Waals surface area contributed by atoms with Gasteiger partial charge in [0.2, 0.25) is 11.8 Å². The Balaban J connectivity index is 1.68. The van der Waals surface area contributed by atoms with E-state index in [0.29, 0.717) is 32.7 Å². The molecule has 0 atom stereocenters. The first-order valence-corrected chi connectivity index (χ1v) is 9.25. The quantitative estimate of drug-likeness (QED) is 0.841. The number of carbonyl (C=O) groups excluding carboxylic acids is 3. The summed E-state index contributed by atoms with van der Waals surface area (Å²) in [5.41, 5.74) is -0.389. The van der Waals surface area contributed by atoms with Crippen LogP contribution in [0.5, 0.6) is 0 Å². The van der Waals surface area contributed by atoms with Crippen LogP contribution < -0.4 is 10.6 Å². The molecule has 2 rings (SSSR count). The normalized spacial score (nSPS) is 15.7. The number of imide groups is 1. The molecule has 1 aliphatic heterocycles. The summed E-state index contributed by atoms with van der Waals surface area (Å²) < 4.78 is 0. The number of amides is 4. The Morgan fingerprint density at radius 3 is 2.40 bits per heavy atom. The van der Waals surface area contributed by atoms with Crippen molar-refractivity contribution in [1.29, 1.82) is 0 Å². The van der Waals surface area contributed by atoms with Gasteiger partial charge >= 0.3 is 6.03 Å². The van der Waals surface area contributed by atoms with Crippen LogP contribution >= 0.6 is 11.3 Å². The molecular weight excluding hydrogens is 340 g/mol. The van der Waals surface area contributed by atoms with Crippen molar-refractivity contribution in [2.75, 3.05) is 32.7 Å². The van der Waals surface area contributed by atoms with Gasteiger partial charge in [0.25, 0.3) is 0 Å². The number of hydrogen-bond donors (Lipinski definition) is 2. The number of piperazine rings is 1. The maximum absolute atomic E-state index is 12.2. The van der Waals surface area contributed by atoms with E-state index in [1.54, 1.807) is 11.3 Å². The van der Waals surface area contributed by atoms with Gasteiger partial charge in [-0.25, -0.2) is 4.79 Å². The lowest BCUT2D eigenvalue weighted by atomic mass is 9.94. The first kappa shape index (κ1) is 19.4. The maximum Gasteiger partial charge on any atom is 0.321 e.